The molecule has 3 rings (SSSR count). The van der Waals surface area contributed by atoms with E-state index in [1.54, 1.807) is 13.8 Å². The van der Waals surface area contributed by atoms with Gasteiger partial charge < -0.3 is 18.9 Å². The summed E-state index contributed by atoms with van der Waals surface area (Å²) in [6.07, 6.45) is 0. The zero-order valence-electron chi connectivity index (χ0n) is 17.4. The predicted molar refractivity (Wildman–Crippen MR) is 107 cm³/mol. The molecule has 1 heterocycles. The van der Waals surface area contributed by atoms with Crippen molar-refractivity contribution in [1.82, 2.24) is 9.97 Å². The number of hydrogen-bond donors (Lipinski definition) is 0. The van der Waals surface area contributed by atoms with Crippen LogP contribution in [0.25, 0.3) is 21.8 Å². The van der Waals surface area contributed by atoms with Crippen molar-refractivity contribution in [2.24, 2.45) is 0 Å². The molecule has 0 saturated carbocycles. The van der Waals surface area contributed by atoms with Gasteiger partial charge in [-0.3, -0.25) is 14.4 Å². The number of aryl methyl sites for hydroxylation is 2. The molecule has 1 aromatic heterocycles. The van der Waals surface area contributed by atoms with E-state index in [9.17, 15) is 14.4 Å². The van der Waals surface area contributed by atoms with Gasteiger partial charge in [0.05, 0.1) is 23.9 Å². The zero-order chi connectivity index (χ0) is 22.2. The van der Waals surface area contributed by atoms with Gasteiger partial charge in [0, 0.05) is 32.2 Å². The highest BCUT2D eigenvalue weighted by molar-refractivity contribution is 6.12. The molecule has 0 spiro atoms. The van der Waals surface area contributed by atoms with Crippen molar-refractivity contribution in [1.29, 1.82) is 0 Å². The molecular formula is C21H20N2O7. The molecule has 9 nitrogen and oxygen atoms in total. The van der Waals surface area contributed by atoms with E-state index in [2.05, 4.69) is 9.97 Å². The monoisotopic (exact) mass is 412 g/mol. The first-order valence-electron chi connectivity index (χ1n) is 9.00. The maximum atomic E-state index is 11.9. The summed E-state index contributed by atoms with van der Waals surface area (Å²) in [4.78, 5) is 44.2. The fourth-order valence-corrected chi connectivity index (χ4v) is 3.05. The number of hydrogen-bond acceptors (Lipinski definition) is 9. The Balaban J connectivity index is 2.59. The van der Waals surface area contributed by atoms with Crippen LogP contribution in [0.2, 0.25) is 0 Å². The number of ether oxygens (including phenoxy) is 4. The van der Waals surface area contributed by atoms with Crippen molar-refractivity contribution < 1.29 is 33.3 Å². The summed E-state index contributed by atoms with van der Waals surface area (Å²) in [6, 6.07) is 2.95. The smallest absolute Gasteiger partial charge is 0.308 e. The molecule has 9 heteroatoms. The molecular weight excluding hydrogens is 392 g/mol. The van der Waals surface area contributed by atoms with Crippen LogP contribution in [0.4, 0.5) is 0 Å². The van der Waals surface area contributed by atoms with Gasteiger partial charge in [0.25, 0.3) is 0 Å². The number of carbonyl (C=O) groups is 3. The van der Waals surface area contributed by atoms with Gasteiger partial charge in [0.1, 0.15) is 22.5 Å². The first-order chi connectivity index (χ1) is 14.1. The highest BCUT2D eigenvalue weighted by Gasteiger charge is 2.25. The first-order valence-corrected chi connectivity index (χ1v) is 9.00. The number of methoxy groups -OCH3 is 1. The molecule has 3 aromatic rings. The molecule has 0 radical (unpaired) electrons. The minimum Gasteiger partial charge on any atom is -0.496 e. The zero-order valence-corrected chi connectivity index (χ0v) is 17.4. The third-order valence-electron chi connectivity index (χ3n) is 4.26. The minimum absolute atomic E-state index is 0.0892. The van der Waals surface area contributed by atoms with Gasteiger partial charge in [-0.2, -0.15) is 0 Å². The van der Waals surface area contributed by atoms with Gasteiger partial charge in [-0.05, 0) is 19.9 Å². The van der Waals surface area contributed by atoms with Crippen molar-refractivity contribution in [2.75, 3.05) is 7.11 Å². The van der Waals surface area contributed by atoms with Gasteiger partial charge in [-0.1, -0.05) is 0 Å². The van der Waals surface area contributed by atoms with Gasteiger partial charge in [-0.15, -0.1) is 0 Å². The van der Waals surface area contributed by atoms with E-state index in [0.717, 1.165) is 0 Å². The lowest BCUT2D eigenvalue weighted by Gasteiger charge is -2.18. The summed E-state index contributed by atoms with van der Waals surface area (Å²) in [7, 11) is 1.41. The summed E-state index contributed by atoms with van der Waals surface area (Å²) in [5.74, 6) is -1.13. The molecule has 0 aliphatic carbocycles. The molecule has 0 atom stereocenters. The Morgan fingerprint density at radius 2 is 1.27 bits per heavy atom. The van der Waals surface area contributed by atoms with Crippen molar-refractivity contribution in [2.45, 2.75) is 34.6 Å². The number of rotatable bonds is 4. The number of esters is 3. The van der Waals surface area contributed by atoms with Crippen molar-refractivity contribution in [3.63, 3.8) is 0 Å². The van der Waals surface area contributed by atoms with Crippen molar-refractivity contribution in [3.05, 3.63) is 23.5 Å². The number of nitrogens with zero attached hydrogens (tertiary/aromatic N) is 2. The maximum Gasteiger partial charge on any atom is 0.308 e. The Labute approximate surface area is 171 Å². The minimum atomic E-state index is -0.588. The lowest BCUT2D eigenvalue weighted by atomic mass is 10.0. The Kier molecular flexibility index (Phi) is 5.55. The predicted octanol–water partition coefficient (Wildman–Crippen LogP) is 3.18. The normalized spacial score (nSPS) is 10.7. The second-order valence-corrected chi connectivity index (χ2v) is 6.58. The maximum absolute atomic E-state index is 11.9. The van der Waals surface area contributed by atoms with Crippen LogP contribution in [-0.2, 0) is 14.4 Å². The second kappa shape index (κ2) is 7.94. The third-order valence-corrected chi connectivity index (χ3v) is 4.26. The van der Waals surface area contributed by atoms with E-state index in [-0.39, 0.29) is 34.0 Å². The fourth-order valence-electron chi connectivity index (χ4n) is 3.05. The highest BCUT2D eigenvalue weighted by Crippen LogP contribution is 2.47. The van der Waals surface area contributed by atoms with Gasteiger partial charge in [-0.25, -0.2) is 9.97 Å². The molecule has 0 fully saturated rings. The lowest BCUT2D eigenvalue weighted by Crippen LogP contribution is -2.09. The quantitative estimate of drug-likeness (QED) is 0.362. The molecule has 0 N–H and O–H groups in total. The first kappa shape index (κ1) is 21.0. The summed E-state index contributed by atoms with van der Waals surface area (Å²) in [6.45, 7) is 7.28. The largest absolute Gasteiger partial charge is 0.496 e. The fraction of sp³-hybridized carbons (Fsp3) is 0.286. The van der Waals surface area contributed by atoms with E-state index in [1.807, 2.05) is 0 Å². The van der Waals surface area contributed by atoms with Gasteiger partial charge >= 0.3 is 17.9 Å². The van der Waals surface area contributed by atoms with E-state index >= 15 is 0 Å². The van der Waals surface area contributed by atoms with Crippen molar-refractivity contribution in [3.8, 4) is 23.0 Å². The van der Waals surface area contributed by atoms with Gasteiger partial charge in [0.2, 0.25) is 0 Å². The standard InChI is InChI=1S/C21H20N2O7/c1-9-10(2)23-19-18(22-9)20(29-12(4)25)15-7-14(28-11(3)24)8-16(27-6)17(15)21(19)30-13(5)26/h7-8H,1-6H3. The average molecular weight is 412 g/mol. The second-order valence-electron chi connectivity index (χ2n) is 6.58. The van der Waals surface area contributed by atoms with Crippen LogP contribution in [0, 0.1) is 13.8 Å². The molecule has 0 unspecified atom stereocenters. The topological polar surface area (TPSA) is 114 Å². The van der Waals surface area contributed by atoms with Crippen LogP contribution in [0.5, 0.6) is 23.0 Å². The van der Waals surface area contributed by atoms with E-state index in [1.165, 1.54) is 40.0 Å². The molecule has 0 amide bonds. The number of benzene rings is 2. The van der Waals surface area contributed by atoms with Crippen LogP contribution in [0.15, 0.2) is 12.1 Å². The van der Waals surface area contributed by atoms with E-state index in [0.29, 0.717) is 22.2 Å². The average Bonchev–Trinajstić information content (AvgIpc) is 2.64. The summed E-state index contributed by atoms with van der Waals surface area (Å²) in [5.41, 5.74) is 1.67. The Morgan fingerprint density at radius 3 is 1.77 bits per heavy atom. The van der Waals surface area contributed by atoms with Crippen LogP contribution in [0.3, 0.4) is 0 Å². The number of fused-ring (bicyclic) bond motifs is 2. The summed E-state index contributed by atoms with van der Waals surface area (Å²) < 4.78 is 21.6. The Hall–Kier alpha value is -3.75. The SMILES string of the molecule is COc1cc(OC(C)=O)cc2c(OC(C)=O)c3nc(C)c(C)nc3c(OC(C)=O)c12. The number of carbonyl (C=O) groups excluding carboxylic acids is 3. The molecule has 0 saturated heterocycles. The van der Waals surface area contributed by atoms with E-state index in [4.69, 9.17) is 18.9 Å². The summed E-state index contributed by atoms with van der Waals surface area (Å²) in [5, 5.41) is 0.631. The molecule has 156 valence electrons. The Bertz CT molecular complexity index is 1220. The van der Waals surface area contributed by atoms with E-state index < -0.39 is 17.9 Å². The molecule has 2 aromatic carbocycles. The van der Waals surface area contributed by atoms with Crippen LogP contribution >= 0.6 is 0 Å². The van der Waals surface area contributed by atoms with Crippen molar-refractivity contribution >= 4 is 39.7 Å². The van der Waals surface area contributed by atoms with Crippen LogP contribution in [-0.4, -0.2) is 35.0 Å². The highest BCUT2D eigenvalue weighted by atomic mass is 16.5. The van der Waals surface area contributed by atoms with Gasteiger partial charge in [0.15, 0.2) is 11.5 Å². The molecule has 0 aliphatic rings. The molecule has 30 heavy (non-hydrogen) atoms. The number of aromatic nitrogens is 2. The summed E-state index contributed by atoms with van der Waals surface area (Å²) >= 11 is 0. The lowest BCUT2D eigenvalue weighted by molar-refractivity contribution is -0.132. The third kappa shape index (κ3) is 3.86. The molecule has 0 bridgehead atoms. The Morgan fingerprint density at radius 1 is 0.767 bits per heavy atom. The molecule has 0 aliphatic heterocycles. The van der Waals surface area contributed by atoms with Crippen LogP contribution < -0.4 is 18.9 Å². The van der Waals surface area contributed by atoms with Crippen LogP contribution in [0.1, 0.15) is 32.2 Å².